The number of fused-ring (bicyclic) bond motifs is 2. The fourth-order valence-electron chi connectivity index (χ4n) is 3.66. The fourth-order valence-corrected chi connectivity index (χ4v) is 3.66. The van der Waals surface area contributed by atoms with Crippen LogP contribution in [0.2, 0.25) is 0 Å². The first-order valence-corrected chi connectivity index (χ1v) is 9.24. The first-order chi connectivity index (χ1) is 13.7. The van der Waals surface area contributed by atoms with Crippen molar-refractivity contribution in [1.29, 1.82) is 0 Å². The molecule has 8 heteroatoms. The number of anilines is 2. The summed E-state index contributed by atoms with van der Waals surface area (Å²) in [5.74, 6) is 0.836. The molecule has 0 radical (unpaired) electrons. The van der Waals surface area contributed by atoms with Gasteiger partial charge in [-0.3, -0.25) is 9.89 Å². The molecular formula is C20H19FN6O. The molecule has 1 aliphatic rings. The normalized spacial score (nSPS) is 13.9. The Labute approximate surface area is 159 Å². The molecule has 142 valence electrons. The summed E-state index contributed by atoms with van der Waals surface area (Å²) in [6, 6.07) is 5.58. The third-order valence-electron chi connectivity index (χ3n) is 5.31. The molecule has 0 bridgehead atoms. The van der Waals surface area contributed by atoms with Crippen LogP contribution >= 0.6 is 0 Å². The molecule has 1 aromatic carbocycles. The van der Waals surface area contributed by atoms with E-state index >= 15 is 4.39 Å². The Morgan fingerprint density at radius 3 is 3.04 bits per heavy atom. The van der Waals surface area contributed by atoms with E-state index < -0.39 is 0 Å². The molecule has 1 saturated carbocycles. The summed E-state index contributed by atoms with van der Waals surface area (Å²) in [4.78, 5) is 10.7. The minimum Gasteiger partial charge on any atom is -0.381 e. The smallest absolute Gasteiger partial charge is 0.212 e. The molecule has 0 saturated heterocycles. The van der Waals surface area contributed by atoms with Gasteiger partial charge in [-0.05, 0) is 54.5 Å². The van der Waals surface area contributed by atoms with E-state index in [4.69, 9.17) is 0 Å². The molecule has 4 aromatic rings. The molecule has 28 heavy (non-hydrogen) atoms. The molecule has 0 unspecified atom stereocenters. The van der Waals surface area contributed by atoms with Crippen LogP contribution in [0.1, 0.15) is 18.4 Å². The molecule has 1 fully saturated rings. The van der Waals surface area contributed by atoms with Crippen LogP contribution in [0.4, 0.5) is 15.9 Å². The summed E-state index contributed by atoms with van der Waals surface area (Å²) in [7, 11) is 0. The van der Waals surface area contributed by atoms with Crippen molar-refractivity contribution in [2.24, 2.45) is 5.92 Å². The van der Waals surface area contributed by atoms with E-state index in [-0.39, 0.29) is 5.82 Å². The molecule has 0 aliphatic heterocycles. The lowest BCUT2D eigenvalue weighted by atomic mass is 9.95. The predicted molar refractivity (Wildman–Crippen MR) is 106 cm³/mol. The van der Waals surface area contributed by atoms with E-state index in [9.17, 15) is 4.79 Å². The van der Waals surface area contributed by atoms with Gasteiger partial charge in [0.2, 0.25) is 6.41 Å². The number of aromatic nitrogens is 4. The number of halogens is 1. The van der Waals surface area contributed by atoms with Crippen molar-refractivity contribution in [3.63, 3.8) is 0 Å². The van der Waals surface area contributed by atoms with Gasteiger partial charge in [0, 0.05) is 24.2 Å². The van der Waals surface area contributed by atoms with Gasteiger partial charge in [0.15, 0.2) is 11.6 Å². The zero-order valence-corrected chi connectivity index (χ0v) is 15.3. The SMILES string of the molecule is Cc1c(F)c(NCC2CC2)c2[nH]ncc2c1-c1ccn2nc(NC=O)cc2c1. The number of carbonyl (C=O) groups is 1. The van der Waals surface area contributed by atoms with Crippen LogP contribution in [0.25, 0.3) is 27.5 Å². The highest BCUT2D eigenvalue weighted by molar-refractivity contribution is 6.03. The van der Waals surface area contributed by atoms with Crippen LogP contribution in [0.15, 0.2) is 30.6 Å². The molecule has 1 aliphatic carbocycles. The number of H-pyrrole nitrogens is 1. The summed E-state index contributed by atoms with van der Waals surface area (Å²) < 4.78 is 16.9. The Hall–Kier alpha value is -3.42. The van der Waals surface area contributed by atoms with Crippen molar-refractivity contribution < 1.29 is 9.18 Å². The van der Waals surface area contributed by atoms with Gasteiger partial charge in [-0.2, -0.15) is 10.2 Å². The molecule has 5 rings (SSSR count). The van der Waals surface area contributed by atoms with E-state index in [1.165, 1.54) is 12.8 Å². The van der Waals surface area contributed by atoms with Gasteiger partial charge < -0.3 is 10.6 Å². The number of nitrogens with one attached hydrogen (secondary N) is 3. The second kappa shape index (κ2) is 6.33. The van der Waals surface area contributed by atoms with E-state index in [1.54, 1.807) is 29.9 Å². The van der Waals surface area contributed by atoms with Crippen molar-refractivity contribution in [3.05, 3.63) is 42.0 Å². The van der Waals surface area contributed by atoms with Crippen molar-refractivity contribution in [2.45, 2.75) is 19.8 Å². The predicted octanol–water partition coefficient (Wildman–Crippen LogP) is 3.72. The molecular weight excluding hydrogens is 359 g/mol. The van der Waals surface area contributed by atoms with Gasteiger partial charge in [0.1, 0.15) is 0 Å². The van der Waals surface area contributed by atoms with Crippen LogP contribution in [-0.2, 0) is 4.79 Å². The lowest BCUT2D eigenvalue weighted by Gasteiger charge is -2.15. The number of hydrogen-bond acceptors (Lipinski definition) is 4. The summed E-state index contributed by atoms with van der Waals surface area (Å²) in [5.41, 5.74) is 4.20. The Kier molecular flexibility index (Phi) is 3.78. The van der Waals surface area contributed by atoms with Crippen molar-refractivity contribution in [2.75, 3.05) is 17.2 Å². The topological polar surface area (TPSA) is 87.1 Å². The summed E-state index contributed by atoms with van der Waals surface area (Å²) in [5, 5.41) is 18.1. The van der Waals surface area contributed by atoms with Crippen molar-refractivity contribution >= 4 is 34.3 Å². The fraction of sp³-hybridized carbons (Fsp3) is 0.250. The maximum Gasteiger partial charge on any atom is 0.212 e. The van der Waals surface area contributed by atoms with Crippen LogP contribution < -0.4 is 10.6 Å². The van der Waals surface area contributed by atoms with Gasteiger partial charge in [-0.15, -0.1) is 0 Å². The van der Waals surface area contributed by atoms with Crippen molar-refractivity contribution in [3.8, 4) is 11.1 Å². The first kappa shape index (κ1) is 16.7. The lowest BCUT2D eigenvalue weighted by molar-refractivity contribution is -0.105. The maximum atomic E-state index is 15.3. The molecule has 1 amide bonds. The van der Waals surface area contributed by atoms with E-state index in [1.807, 2.05) is 12.1 Å². The summed E-state index contributed by atoms with van der Waals surface area (Å²) in [6.45, 7) is 2.57. The molecule has 3 aromatic heterocycles. The Bertz CT molecular complexity index is 1210. The third-order valence-corrected chi connectivity index (χ3v) is 5.31. The highest BCUT2D eigenvalue weighted by atomic mass is 19.1. The maximum absolute atomic E-state index is 15.3. The van der Waals surface area contributed by atoms with Gasteiger partial charge in [0.05, 0.1) is 22.9 Å². The number of rotatable bonds is 6. The van der Waals surface area contributed by atoms with E-state index in [2.05, 4.69) is 25.9 Å². The largest absolute Gasteiger partial charge is 0.381 e. The zero-order valence-electron chi connectivity index (χ0n) is 15.3. The van der Waals surface area contributed by atoms with Gasteiger partial charge in [0.25, 0.3) is 0 Å². The van der Waals surface area contributed by atoms with Gasteiger partial charge in [-0.1, -0.05) is 0 Å². The summed E-state index contributed by atoms with van der Waals surface area (Å²) >= 11 is 0. The Morgan fingerprint density at radius 1 is 1.39 bits per heavy atom. The quantitative estimate of drug-likeness (QED) is 0.446. The number of aromatic amines is 1. The average Bonchev–Trinajstić information content (AvgIpc) is 3.23. The number of pyridine rings is 1. The lowest BCUT2D eigenvalue weighted by Crippen LogP contribution is -2.07. The minimum atomic E-state index is -0.260. The van der Waals surface area contributed by atoms with Crippen molar-refractivity contribution in [1.82, 2.24) is 19.8 Å². The minimum absolute atomic E-state index is 0.260. The van der Waals surface area contributed by atoms with Crippen LogP contribution in [0.3, 0.4) is 0 Å². The molecule has 0 atom stereocenters. The van der Waals surface area contributed by atoms with Crippen LogP contribution in [-0.4, -0.2) is 32.8 Å². The van der Waals surface area contributed by atoms with E-state index in [0.29, 0.717) is 34.9 Å². The molecule has 0 spiro atoms. The second-order valence-electron chi connectivity index (χ2n) is 7.25. The van der Waals surface area contributed by atoms with Gasteiger partial charge in [-0.25, -0.2) is 8.91 Å². The van der Waals surface area contributed by atoms with E-state index in [0.717, 1.165) is 28.6 Å². The number of nitrogens with zero attached hydrogens (tertiary/aromatic N) is 3. The highest BCUT2D eigenvalue weighted by Gasteiger charge is 2.24. The Balaban J connectivity index is 1.65. The standard InChI is InChI=1S/C20H19FN6O/c1-11-17(13-4-5-27-14(6-13)7-16(26-27)23-10-28)15-9-24-25-19(15)20(18(11)21)22-8-12-2-3-12/h4-7,9-10,12,22H,2-3,8H2,1H3,(H,24,25)(H,23,26,28). The van der Waals surface area contributed by atoms with Crippen LogP contribution in [0.5, 0.6) is 0 Å². The van der Waals surface area contributed by atoms with Gasteiger partial charge >= 0.3 is 0 Å². The number of hydrogen-bond donors (Lipinski definition) is 3. The molecule has 3 N–H and O–H groups in total. The highest BCUT2D eigenvalue weighted by Crippen LogP contribution is 2.39. The average molecular weight is 378 g/mol. The number of amides is 1. The Morgan fingerprint density at radius 2 is 2.25 bits per heavy atom. The second-order valence-corrected chi connectivity index (χ2v) is 7.25. The van der Waals surface area contributed by atoms with Crippen LogP contribution in [0, 0.1) is 18.7 Å². The zero-order chi connectivity index (χ0) is 19.3. The monoisotopic (exact) mass is 378 g/mol. The first-order valence-electron chi connectivity index (χ1n) is 9.24. The molecule has 3 heterocycles. The third kappa shape index (κ3) is 2.69. The number of carbonyl (C=O) groups excluding carboxylic acids is 1. The summed E-state index contributed by atoms with van der Waals surface area (Å²) in [6.07, 6.45) is 6.52. The number of benzene rings is 1. The molecule has 7 nitrogen and oxygen atoms in total.